The summed E-state index contributed by atoms with van der Waals surface area (Å²) in [6, 6.07) is 8.65. The largest absolute Gasteiger partial charge is 0.376 e. The Bertz CT molecular complexity index is 407. The van der Waals surface area contributed by atoms with Gasteiger partial charge in [0.2, 0.25) is 0 Å². The van der Waals surface area contributed by atoms with Crippen LogP contribution in [0.3, 0.4) is 0 Å². The van der Waals surface area contributed by atoms with Crippen LogP contribution in [-0.2, 0) is 11.3 Å². The number of aryl methyl sites for hydroxylation is 1. The van der Waals surface area contributed by atoms with E-state index in [1.165, 1.54) is 11.1 Å². The molecule has 1 heterocycles. The second-order valence-corrected chi connectivity index (χ2v) is 5.42. The summed E-state index contributed by atoms with van der Waals surface area (Å²) in [4.78, 5) is 2.36. The standard InChI is InChI=1S/C15H24N2O/c1-12-5-4-6-14(9-12)10-17(3)15(11-16)7-8-18-13(15)2/h4-6,9,13H,7-8,10-11,16H2,1-3H3. The highest BCUT2D eigenvalue weighted by molar-refractivity contribution is 5.22. The molecule has 1 aliphatic rings. The third-order valence-corrected chi connectivity index (χ3v) is 4.28. The maximum Gasteiger partial charge on any atom is 0.0743 e. The Morgan fingerprint density at radius 3 is 2.83 bits per heavy atom. The fourth-order valence-electron chi connectivity index (χ4n) is 2.94. The van der Waals surface area contributed by atoms with Crippen molar-refractivity contribution in [3.8, 4) is 0 Å². The minimum atomic E-state index is -0.0102. The summed E-state index contributed by atoms with van der Waals surface area (Å²) >= 11 is 0. The Labute approximate surface area is 110 Å². The summed E-state index contributed by atoms with van der Waals surface area (Å²) in [5.74, 6) is 0. The van der Waals surface area contributed by atoms with Gasteiger partial charge in [0.05, 0.1) is 11.6 Å². The molecule has 3 heteroatoms. The first-order valence-electron chi connectivity index (χ1n) is 6.67. The van der Waals surface area contributed by atoms with Crippen LogP contribution in [0.15, 0.2) is 24.3 Å². The van der Waals surface area contributed by atoms with Gasteiger partial charge in [-0.2, -0.15) is 0 Å². The average Bonchev–Trinajstić information content (AvgIpc) is 2.71. The summed E-state index contributed by atoms with van der Waals surface area (Å²) in [7, 11) is 2.15. The van der Waals surface area contributed by atoms with Crippen LogP contribution in [0, 0.1) is 6.92 Å². The highest BCUT2D eigenvalue weighted by Crippen LogP contribution is 2.31. The van der Waals surface area contributed by atoms with E-state index < -0.39 is 0 Å². The van der Waals surface area contributed by atoms with Crippen LogP contribution in [0.2, 0.25) is 0 Å². The Morgan fingerprint density at radius 2 is 2.28 bits per heavy atom. The van der Waals surface area contributed by atoms with Crippen molar-refractivity contribution in [2.75, 3.05) is 20.2 Å². The first-order valence-corrected chi connectivity index (χ1v) is 6.67. The van der Waals surface area contributed by atoms with Crippen molar-refractivity contribution in [2.45, 2.75) is 38.5 Å². The minimum absolute atomic E-state index is 0.0102. The zero-order valence-electron chi connectivity index (χ0n) is 11.6. The fourth-order valence-corrected chi connectivity index (χ4v) is 2.94. The van der Waals surface area contributed by atoms with Crippen LogP contribution in [0.25, 0.3) is 0 Å². The van der Waals surface area contributed by atoms with E-state index in [0.29, 0.717) is 6.54 Å². The monoisotopic (exact) mass is 248 g/mol. The Morgan fingerprint density at radius 1 is 1.50 bits per heavy atom. The van der Waals surface area contributed by atoms with Gasteiger partial charge in [-0.1, -0.05) is 29.8 Å². The molecule has 1 saturated heterocycles. The average molecular weight is 248 g/mol. The fraction of sp³-hybridized carbons (Fsp3) is 0.600. The van der Waals surface area contributed by atoms with Crippen LogP contribution in [0.1, 0.15) is 24.5 Å². The van der Waals surface area contributed by atoms with E-state index in [1.54, 1.807) is 0 Å². The van der Waals surface area contributed by atoms with Gasteiger partial charge in [-0.15, -0.1) is 0 Å². The van der Waals surface area contributed by atoms with Gasteiger partial charge in [-0.3, -0.25) is 4.90 Å². The lowest BCUT2D eigenvalue weighted by Crippen LogP contribution is -2.56. The number of hydrogen-bond donors (Lipinski definition) is 1. The maximum atomic E-state index is 6.02. The lowest BCUT2D eigenvalue weighted by molar-refractivity contribution is 0.0245. The lowest BCUT2D eigenvalue weighted by Gasteiger charge is -2.40. The van der Waals surface area contributed by atoms with Crippen molar-refractivity contribution in [3.63, 3.8) is 0 Å². The first kappa shape index (κ1) is 13.5. The molecule has 18 heavy (non-hydrogen) atoms. The lowest BCUT2D eigenvalue weighted by atomic mass is 9.90. The maximum absolute atomic E-state index is 6.02. The smallest absolute Gasteiger partial charge is 0.0743 e. The van der Waals surface area contributed by atoms with E-state index in [4.69, 9.17) is 10.5 Å². The molecule has 0 spiro atoms. The first-order chi connectivity index (χ1) is 8.58. The van der Waals surface area contributed by atoms with E-state index in [9.17, 15) is 0 Å². The van der Waals surface area contributed by atoms with Gasteiger partial charge in [-0.25, -0.2) is 0 Å². The molecule has 0 saturated carbocycles. The Balaban J connectivity index is 2.13. The SMILES string of the molecule is Cc1cccc(CN(C)C2(CN)CCOC2C)c1. The van der Waals surface area contributed by atoms with Crippen LogP contribution in [0.4, 0.5) is 0 Å². The Kier molecular flexibility index (Phi) is 4.05. The molecule has 0 aromatic heterocycles. The molecule has 100 valence electrons. The summed E-state index contributed by atoms with van der Waals surface area (Å²) in [5, 5.41) is 0. The Hall–Kier alpha value is -0.900. The molecule has 0 radical (unpaired) electrons. The molecule has 0 amide bonds. The molecule has 2 N–H and O–H groups in total. The molecule has 1 aromatic rings. The summed E-state index contributed by atoms with van der Waals surface area (Å²) in [6.45, 7) is 6.65. The van der Waals surface area contributed by atoms with Gasteiger partial charge >= 0.3 is 0 Å². The van der Waals surface area contributed by atoms with Crippen molar-refractivity contribution in [1.29, 1.82) is 0 Å². The van der Waals surface area contributed by atoms with E-state index in [0.717, 1.165) is 19.6 Å². The second-order valence-electron chi connectivity index (χ2n) is 5.42. The van der Waals surface area contributed by atoms with Crippen molar-refractivity contribution in [3.05, 3.63) is 35.4 Å². The van der Waals surface area contributed by atoms with Crippen LogP contribution in [-0.4, -0.2) is 36.7 Å². The third kappa shape index (κ3) is 2.44. The number of hydrogen-bond acceptors (Lipinski definition) is 3. The van der Waals surface area contributed by atoms with Gasteiger partial charge < -0.3 is 10.5 Å². The zero-order valence-corrected chi connectivity index (χ0v) is 11.6. The molecule has 3 nitrogen and oxygen atoms in total. The quantitative estimate of drug-likeness (QED) is 0.885. The normalized spacial score (nSPS) is 27.9. The summed E-state index contributed by atoms with van der Waals surface area (Å²) in [5.41, 5.74) is 8.65. The topological polar surface area (TPSA) is 38.5 Å². The predicted molar refractivity (Wildman–Crippen MR) is 74.5 cm³/mol. The van der Waals surface area contributed by atoms with E-state index in [2.05, 4.69) is 50.1 Å². The zero-order chi connectivity index (χ0) is 13.2. The van der Waals surface area contributed by atoms with E-state index in [-0.39, 0.29) is 11.6 Å². The molecular formula is C15H24N2O. The van der Waals surface area contributed by atoms with Gasteiger partial charge in [0.15, 0.2) is 0 Å². The number of nitrogens with zero attached hydrogens (tertiary/aromatic N) is 1. The van der Waals surface area contributed by atoms with Gasteiger partial charge in [0.1, 0.15) is 0 Å². The predicted octanol–water partition coefficient (Wildman–Crippen LogP) is 1.93. The van der Waals surface area contributed by atoms with Crippen molar-refractivity contribution < 1.29 is 4.74 Å². The summed E-state index contributed by atoms with van der Waals surface area (Å²) < 4.78 is 5.72. The van der Waals surface area contributed by atoms with Crippen molar-refractivity contribution in [2.24, 2.45) is 5.73 Å². The molecule has 1 aliphatic heterocycles. The van der Waals surface area contributed by atoms with Crippen molar-refractivity contribution >= 4 is 0 Å². The second kappa shape index (κ2) is 5.39. The molecule has 2 unspecified atom stereocenters. The number of likely N-dealkylation sites (N-methyl/N-ethyl adjacent to an activating group) is 1. The highest BCUT2D eigenvalue weighted by atomic mass is 16.5. The number of rotatable bonds is 4. The third-order valence-electron chi connectivity index (χ3n) is 4.28. The molecule has 1 aromatic carbocycles. The van der Waals surface area contributed by atoms with Crippen LogP contribution >= 0.6 is 0 Å². The van der Waals surface area contributed by atoms with Crippen LogP contribution < -0.4 is 5.73 Å². The molecule has 0 aliphatic carbocycles. The number of nitrogens with two attached hydrogens (primary N) is 1. The van der Waals surface area contributed by atoms with E-state index in [1.807, 2.05) is 0 Å². The van der Waals surface area contributed by atoms with Gasteiger partial charge in [0, 0.05) is 19.7 Å². The van der Waals surface area contributed by atoms with Gasteiger partial charge in [0.25, 0.3) is 0 Å². The molecular weight excluding hydrogens is 224 g/mol. The van der Waals surface area contributed by atoms with Crippen LogP contribution in [0.5, 0.6) is 0 Å². The van der Waals surface area contributed by atoms with Crippen molar-refractivity contribution in [1.82, 2.24) is 4.90 Å². The summed E-state index contributed by atoms with van der Waals surface area (Å²) in [6.07, 6.45) is 1.23. The van der Waals surface area contributed by atoms with Gasteiger partial charge in [-0.05, 0) is 32.9 Å². The molecule has 0 bridgehead atoms. The minimum Gasteiger partial charge on any atom is -0.376 e. The van der Waals surface area contributed by atoms with E-state index >= 15 is 0 Å². The number of benzene rings is 1. The molecule has 1 fully saturated rings. The number of ether oxygens (including phenoxy) is 1. The molecule has 2 atom stereocenters. The highest BCUT2D eigenvalue weighted by Gasteiger charge is 2.43. The molecule has 2 rings (SSSR count).